The summed E-state index contributed by atoms with van der Waals surface area (Å²) in [6.45, 7) is 1.26. The highest BCUT2D eigenvalue weighted by atomic mass is 16.5. The van der Waals surface area contributed by atoms with Crippen LogP contribution in [0.5, 0.6) is 0 Å². The van der Waals surface area contributed by atoms with Gasteiger partial charge >= 0.3 is 0 Å². The largest absolute Gasteiger partial charge is 0.372 e. The van der Waals surface area contributed by atoms with Crippen LogP contribution in [0.1, 0.15) is 17.2 Å². The molecule has 2 aromatic rings. The second kappa shape index (κ2) is 4.31. The first-order chi connectivity index (χ1) is 8.40. The Morgan fingerprint density at radius 1 is 1.47 bits per heavy atom. The number of rotatable bonds is 2. The minimum absolute atomic E-state index is 0.0256. The molecule has 2 heterocycles. The standard InChI is InChI=1S/C13H15N3O/c14-6-13-11-3-1-2-10(9(11)4-5-17-13)12-7-15-8-16-12/h1-3,7-8,13H,4-6,14H2,(H,15,16)/t13-/m1/s1. The molecule has 0 aliphatic carbocycles. The molecule has 0 saturated carbocycles. The van der Waals surface area contributed by atoms with E-state index in [1.807, 2.05) is 12.3 Å². The van der Waals surface area contributed by atoms with Crippen LogP contribution in [0.4, 0.5) is 0 Å². The van der Waals surface area contributed by atoms with Crippen LogP contribution in [0, 0.1) is 0 Å². The van der Waals surface area contributed by atoms with Crippen molar-refractivity contribution in [1.82, 2.24) is 9.97 Å². The van der Waals surface area contributed by atoms with E-state index in [1.165, 1.54) is 16.7 Å². The smallest absolute Gasteiger partial charge is 0.0950 e. The summed E-state index contributed by atoms with van der Waals surface area (Å²) in [5, 5.41) is 0. The molecule has 0 amide bonds. The van der Waals surface area contributed by atoms with E-state index in [4.69, 9.17) is 10.5 Å². The van der Waals surface area contributed by atoms with Crippen molar-refractivity contribution in [2.24, 2.45) is 5.73 Å². The SMILES string of the molecule is NC[C@H]1OCCc2c(-c3c[nH]cn3)cccc21. The van der Waals surface area contributed by atoms with Crippen LogP contribution in [0.15, 0.2) is 30.7 Å². The van der Waals surface area contributed by atoms with Gasteiger partial charge in [-0.2, -0.15) is 0 Å². The van der Waals surface area contributed by atoms with Crippen molar-refractivity contribution in [3.63, 3.8) is 0 Å². The number of nitrogens with one attached hydrogen (secondary N) is 1. The Balaban J connectivity index is 2.12. The Morgan fingerprint density at radius 3 is 3.18 bits per heavy atom. The summed E-state index contributed by atoms with van der Waals surface area (Å²) in [5.74, 6) is 0. The van der Waals surface area contributed by atoms with Crippen molar-refractivity contribution in [3.8, 4) is 11.3 Å². The summed E-state index contributed by atoms with van der Waals surface area (Å²) in [6, 6.07) is 6.25. The van der Waals surface area contributed by atoms with Gasteiger partial charge in [-0.05, 0) is 17.5 Å². The van der Waals surface area contributed by atoms with Crippen molar-refractivity contribution in [2.45, 2.75) is 12.5 Å². The molecule has 0 saturated heterocycles. The third-order valence-electron chi connectivity index (χ3n) is 3.22. The van der Waals surface area contributed by atoms with Gasteiger partial charge in [-0.15, -0.1) is 0 Å². The maximum absolute atomic E-state index is 5.74. The molecule has 1 aromatic carbocycles. The van der Waals surface area contributed by atoms with Gasteiger partial charge in [-0.25, -0.2) is 4.98 Å². The maximum atomic E-state index is 5.74. The number of hydrogen-bond acceptors (Lipinski definition) is 3. The molecule has 4 heteroatoms. The topological polar surface area (TPSA) is 63.9 Å². The molecule has 1 atom stereocenters. The van der Waals surface area contributed by atoms with Crippen LogP contribution < -0.4 is 5.73 Å². The zero-order valence-corrected chi connectivity index (χ0v) is 9.52. The number of imidazole rings is 1. The predicted molar refractivity (Wildman–Crippen MR) is 65.5 cm³/mol. The van der Waals surface area contributed by atoms with Gasteiger partial charge in [-0.1, -0.05) is 18.2 Å². The molecule has 3 rings (SSSR count). The van der Waals surface area contributed by atoms with Crippen molar-refractivity contribution >= 4 is 0 Å². The van der Waals surface area contributed by atoms with E-state index in [0.29, 0.717) is 6.54 Å². The van der Waals surface area contributed by atoms with Crippen molar-refractivity contribution < 1.29 is 4.74 Å². The van der Waals surface area contributed by atoms with E-state index in [1.54, 1.807) is 6.33 Å². The lowest BCUT2D eigenvalue weighted by molar-refractivity contribution is 0.0486. The van der Waals surface area contributed by atoms with E-state index in [9.17, 15) is 0 Å². The fourth-order valence-electron chi connectivity index (χ4n) is 2.42. The molecule has 3 N–H and O–H groups in total. The maximum Gasteiger partial charge on any atom is 0.0950 e. The Labute approximate surface area is 99.8 Å². The highest BCUT2D eigenvalue weighted by Gasteiger charge is 2.22. The highest BCUT2D eigenvalue weighted by Crippen LogP contribution is 2.32. The van der Waals surface area contributed by atoms with Gasteiger partial charge in [-0.3, -0.25) is 0 Å². The van der Waals surface area contributed by atoms with Gasteiger partial charge in [0.15, 0.2) is 0 Å². The first kappa shape index (κ1) is 10.5. The van der Waals surface area contributed by atoms with Crippen molar-refractivity contribution in [2.75, 3.05) is 13.2 Å². The van der Waals surface area contributed by atoms with Crippen LogP contribution >= 0.6 is 0 Å². The molecule has 1 aliphatic heterocycles. The first-order valence-electron chi connectivity index (χ1n) is 5.82. The van der Waals surface area contributed by atoms with Gasteiger partial charge in [0.25, 0.3) is 0 Å². The van der Waals surface area contributed by atoms with Gasteiger partial charge in [0.05, 0.1) is 24.7 Å². The average Bonchev–Trinajstić information content (AvgIpc) is 2.91. The number of fused-ring (bicyclic) bond motifs is 1. The highest BCUT2D eigenvalue weighted by molar-refractivity contribution is 5.65. The second-order valence-corrected chi connectivity index (χ2v) is 4.17. The molecular formula is C13H15N3O. The molecule has 0 radical (unpaired) electrons. The Morgan fingerprint density at radius 2 is 2.41 bits per heavy atom. The fraction of sp³-hybridized carbons (Fsp3) is 0.308. The van der Waals surface area contributed by atoms with Gasteiger partial charge in [0, 0.05) is 18.3 Å². The molecule has 0 spiro atoms. The lowest BCUT2D eigenvalue weighted by atomic mass is 9.92. The zero-order valence-electron chi connectivity index (χ0n) is 9.52. The number of aromatic amines is 1. The summed E-state index contributed by atoms with van der Waals surface area (Å²) in [5.41, 5.74) is 10.4. The summed E-state index contributed by atoms with van der Waals surface area (Å²) in [7, 11) is 0. The van der Waals surface area contributed by atoms with Crippen LogP contribution in [-0.2, 0) is 11.2 Å². The summed E-state index contributed by atoms with van der Waals surface area (Å²) in [4.78, 5) is 7.31. The number of nitrogens with zero attached hydrogens (tertiary/aromatic N) is 1. The zero-order chi connectivity index (χ0) is 11.7. The normalized spacial score (nSPS) is 19.0. The molecular weight excluding hydrogens is 214 g/mol. The van der Waals surface area contributed by atoms with Crippen molar-refractivity contribution in [1.29, 1.82) is 0 Å². The first-order valence-corrected chi connectivity index (χ1v) is 5.82. The number of ether oxygens (including phenoxy) is 1. The molecule has 0 bridgehead atoms. The van der Waals surface area contributed by atoms with Crippen LogP contribution in [0.3, 0.4) is 0 Å². The number of aromatic nitrogens is 2. The summed E-state index contributed by atoms with van der Waals surface area (Å²) >= 11 is 0. The van der Waals surface area contributed by atoms with Crippen LogP contribution in [0.2, 0.25) is 0 Å². The fourth-order valence-corrected chi connectivity index (χ4v) is 2.42. The molecule has 4 nitrogen and oxygen atoms in total. The van der Waals surface area contributed by atoms with Crippen LogP contribution in [0.25, 0.3) is 11.3 Å². The molecule has 1 aromatic heterocycles. The lowest BCUT2D eigenvalue weighted by Crippen LogP contribution is -2.23. The second-order valence-electron chi connectivity index (χ2n) is 4.17. The summed E-state index contributed by atoms with van der Waals surface area (Å²) < 4.78 is 5.67. The quantitative estimate of drug-likeness (QED) is 0.823. The van der Waals surface area contributed by atoms with Gasteiger partial charge in [0.2, 0.25) is 0 Å². The minimum Gasteiger partial charge on any atom is -0.372 e. The van der Waals surface area contributed by atoms with Gasteiger partial charge in [0.1, 0.15) is 0 Å². The van der Waals surface area contributed by atoms with E-state index in [-0.39, 0.29) is 6.10 Å². The Hall–Kier alpha value is -1.65. The van der Waals surface area contributed by atoms with Crippen molar-refractivity contribution in [3.05, 3.63) is 41.9 Å². The summed E-state index contributed by atoms with van der Waals surface area (Å²) in [6.07, 6.45) is 4.57. The third kappa shape index (κ3) is 1.75. The molecule has 0 fully saturated rings. The number of benzene rings is 1. The monoisotopic (exact) mass is 229 g/mol. The molecule has 17 heavy (non-hydrogen) atoms. The molecule has 0 unspecified atom stereocenters. The average molecular weight is 229 g/mol. The predicted octanol–water partition coefficient (Wildman–Crippen LogP) is 1.65. The van der Waals surface area contributed by atoms with E-state index >= 15 is 0 Å². The van der Waals surface area contributed by atoms with E-state index < -0.39 is 0 Å². The lowest BCUT2D eigenvalue weighted by Gasteiger charge is -2.26. The number of H-pyrrole nitrogens is 1. The number of nitrogens with two attached hydrogens (primary N) is 1. The Kier molecular flexibility index (Phi) is 2.66. The minimum atomic E-state index is 0.0256. The third-order valence-corrected chi connectivity index (χ3v) is 3.22. The van der Waals surface area contributed by atoms with Gasteiger partial charge < -0.3 is 15.5 Å². The van der Waals surface area contributed by atoms with E-state index in [0.717, 1.165) is 18.7 Å². The van der Waals surface area contributed by atoms with Crippen LogP contribution in [-0.4, -0.2) is 23.1 Å². The molecule has 88 valence electrons. The number of hydrogen-bond donors (Lipinski definition) is 2. The van der Waals surface area contributed by atoms with E-state index in [2.05, 4.69) is 22.1 Å². The molecule has 1 aliphatic rings. The Bertz CT molecular complexity index is 507.